The van der Waals surface area contributed by atoms with Crippen molar-refractivity contribution in [1.82, 2.24) is 4.98 Å². The standard InChI is InChI=1S/C28H23NOSe/c1-28(2,3)16-17-8-9-23-20(12-17)14-24(30-23)21-10-11-29-26-22-13-18-6-4-5-7-19(18)15-25(22)31-27(21)26/h4-15H,16H2,1-3H3. The van der Waals surface area contributed by atoms with Crippen LogP contribution in [0.15, 0.2) is 77.3 Å². The van der Waals surface area contributed by atoms with Crippen molar-refractivity contribution in [2.45, 2.75) is 27.2 Å². The topological polar surface area (TPSA) is 26.0 Å². The molecule has 0 N–H and O–H groups in total. The molecule has 3 aromatic heterocycles. The van der Waals surface area contributed by atoms with E-state index in [2.05, 4.69) is 87.5 Å². The fourth-order valence-electron chi connectivity index (χ4n) is 4.48. The van der Waals surface area contributed by atoms with Gasteiger partial charge in [-0.2, -0.15) is 0 Å². The fourth-order valence-corrected chi connectivity index (χ4v) is 7.02. The Morgan fingerprint density at radius 3 is 2.48 bits per heavy atom. The second kappa shape index (κ2) is 6.82. The molecule has 0 radical (unpaired) electrons. The van der Waals surface area contributed by atoms with Crippen LogP contribution < -0.4 is 0 Å². The SMILES string of the molecule is CC(C)(C)Cc1ccc2oc(-c3ccnc4c3[se]c3cc5ccccc5cc34)cc2c1. The van der Waals surface area contributed by atoms with Crippen molar-refractivity contribution in [2.75, 3.05) is 0 Å². The van der Waals surface area contributed by atoms with Crippen LogP contribution in [0.25, 0.3) is 52.5 Å². The quantitative estimate of drug-likeness (QED) is 0.245. The third-order valence-corrected chi connectivity index (χ3v) is 8.27. The fraction of sp³-hybridized carbons (Fsp3) is 0.179. The Kier molecular flexibility index (Phi) is 4.15. The number of aromatic nitrogens is 1. The summed E-state index contributed by atoms with van der Waals surface area (Å²) in [6.45, 7) is 6.84. The van der Waals surface area contributed by atoms with Gasteiger partial charge in [-0.3, -0.25) is 0 Å². The Morgan fingerprint density at radius 2 is 1.68 bits per heavy atom. The van der Waals surface area contributed by atoms with E-state index in [1.54, 1.807) is 0 Å². The molecule has 0 aliphatic heterocycles. The number of rotatable bonds is 2. The zero-order chi connectivity index (χ0) is 21.2. The van der Waals surface area contributed by atoms with Crippen molar-refractivity contribution in [3.05, 3.63) is 78.5 Å². The number of hydrogen-bond acceptors (Lipinski definition) is 2. The number of pyridine rings is 1. The summed E-state index contributed by atoms with van der Waals surface area (Å²) < 4.78 is 9.06. The summed E-state index contributed by atoms with van der Waals surface area (Å²) in [6, 6.07) is 24.1. The number of hydrogen-bond donors (Lipinski definition) is 0. The van der Waals surface area contributed by atoms with Crippen molar-refractivity contribution in [3.8, 4) is 11.3 Å². The average Bonchev–Trinajstić information content (AvgIpc) is 3.31. The summed E-state index contributed by atoms with van der Waals surface area (Å²) >= 11 is 0.217. The minimum absolute atomic E-state index is 0.217. The predicted molar refractivity (Wildman–Crippen MR) is 132 cm³/mol. The van der Waals surface area contributed by atoms with Crippen LogP contribution in [0.2, 0.25) is 0 Å². The van der Waals surface area contributed by atoms with Gasteiger partial charge in [-0.1, -0.05) is 0 Å². The van der Waals surface area contributed by atoms with Crippen molar-refractivity contribution in [1.29, 1.82) is 0 Å². The summed E-state index contributed by atoms with van der Waals surface area (Å²) in [5.41, 5.74) is 4.87. The molecular weight excluding hydrogens is 445 g/mol. The first-order valence-electron chi connectivity index (χ1n) is 10.7. The van der Waals surface area contributed by atoms with Gasteiger partial charge in [0.2, 0.25) is 0 Å². The van der Waals surface area contributed by atoms with Crippen LogP contribution in [-0.4, -0.2) is 19.5 Å². The molecule has 6 rings (SSSR count). The Balaban J connectivity index is 1.53. The van der Waals surface area contributed by atoms with Gasteiger partial charge in [-0.15, -0.1) is 0 Å². The van der Waals surface area contributed by atoms with Gasteiger partial charge in [0.1, 0.15) is 0 Å². The first-order chi connectivity index (χ1) is 14.9. The second-order valence-corrected chi connectivity index (χ2v) is 11.8. The molecule has 0 saturated heterocycles. The van der Waals surface area contributed by atoms with Crippen LogP contribution in [0.1, 0.15) is 26.3 Å². The number of fused-ring (bicyclic) bond motifs is 5. The molecular formula is C28H23NOSe. The van der Waals surface area contributed by atoms with Crippen LogP contribution in [0.5, 0.6) is 0 Å². The maximum absolute atomic E-state index is 6.32. The van der Waals surface area contributed by atoms with E-state index in [9.17, 15) is 0 Å². The van der Waals surface area contributed by atoms with Crippen molar-refractivity contribution in [2.24, 2.45) is 5.41 Å². The average molecular weight is 468 g/mol. The van der Waals surface area contributed by atoms with Gasteiger partial charge < -0.3 is 0 Å². The first-order valence-corrected chi connectivity index (χ1v) is 12.4. The van der Waals surface area contributed by atoms with Gasteiger partial charge >= 0.3 is 187 Å². The summed E-state index contributed by atoms with van der Waals surface area (Å²) in [6.07, 6.45) is 2.98. The van der Waals surface area contributed by atoms with Crippen molar-refractivity contribution >= 4 is 55.7 Å². The van der Waals surface area contributed by atoms with E-state index in [1.165, 1.54) is 41.2 Å². The molecule has 0 spiro atoms. The molecule has 0 aliphatic carbocycles. The second-order valence-electron chi connectivity index (χ2n) is 9.55. The number of furan rings is 1. The third kappa shape index (κ3) is 3.29. The molecule has 3 heterocycles. The Bertz CT molecular complexity index is 1600. The molecule has 0 saturated carbocycles. The summed E-state index contributed by atoms with van der Waals surface area (Å²) in [5, 5.41) is 5.02. The summed E-state index contributed by atoms with van der Waals surface area (Å²) in [7, 11) is 0. The molecule has 152 valence electrons. The van der Waals surface area contributed by atoms with E-state index in [0.29, 0.717) is 0 Å². The normalized spacial score (nSPS) is 12.5. The van der Waals surface area contributed by atoms with E-state index < -0.39 is 0 Å². The Hall–Kier alpha value is -2.87. The van der Waals surface area contributed by atoms with Crippen molar-refractivity contribution < 1.29 is 4.42 Å². The van der Waals surface area contributed by atoms with Crippen LogP contribution in [0, 0.1) is 5.41 Å². The molecule has 0 amide bonds. The Labute approximate surface area is 187 Å². The number of nitrogens with zero attached hydrogens (tertiary/aromatic N) is 1. The monoisotopic (exact) mass is 469 g/mol. The van der Waals surface area contributed by atoms with Gasteiger partial charge in [0.25, 0.3) is 0 Å². The molecule has 0 atom stereocenters. The van der Waals surface area contributed by atoms with Crippen molar-refractivity contribution in [3.63, 3.8) is 0 Å². The molecule has 3 heteroatoms. The van der Waals surface area contributed by atoms with Crippen LogP contribution >= 0.6 is 0 Å². The molecule has 31 heavy (non-hydrogen) atoms. The van der Waals surface area contributed by atoms with E-state index in [-0.39, 0.29) is 19.9 Å². The zero-order valence-electron chi connectivity index (χ0n) is 17.9. The summed E-state index contributed by atoms with van der Waals surface area (Å²) in [5.74, 6) is 0.945. The first kappa shape index (κ1) is 18.9. The van der Waals surface area contributed by atoms with Crippen LogP contribution in [-0.2, 0) is 6.42 Å². The molecule has 0 aliphatic rings. The summed E-state index contributed by atoms with van der Waals surface area (Å²) in [4.78, 5) is 4.78. The van der Waals surface area contributed by atoms with E-state index >= 15 is 0 Å². The molecule has 3 aromatic carbocycles. The molecule has 6 aromatic rings. The maximum atomic E-state index is 6.32. The van der Waals surface area contributed by atoms with Gasteiger partial charge in [0.15, 0.2) is 0 Å². The van der Waals surface area contributed by atoms with E-state index in [1.807, 2.05) is 6.20 Å². The van der Waals surface area contributed by atoms with Crippen LogP contribution in [0.3, 0.4) is 0 Å². The van der Waals surface area contributed by atoms with E-state index in [0.717, 1.165) is 23.3 Å². The van der Waals surface area contributed by atoms with Gasteiger partial charge in [-0.05, 0) is 0 Å². The Morgan fingerprint density at radius 1 is 0.871 bits per heavy atom. The van der Waals surface area contributed by atoms with Crippen LogP contribution in [0.4, 0.5) is 0 Å². The number of benzene rings is 3. The molecule has 0 unspecified atom stereocenters. The minimum atomic E-state index is 0.217. The third-order valence-electron chi connectivity index (χ3n) is 5.80. The molecule has 2 nitrogen and oxygen atoms in total. The zero-order valence-corrected chi connectivity index (χ0v) is 19.6. The predicted octanol–water partition coefficient (Wildman–Crippen LogP) is 7.60. The molecule has 0 bridgehead atoms. The van der Waals surface area contributed by atoms with Gasteiger partial charge in [-0.25, -0.2) is 0 Å². The van der Waals surface area contributed by atoms with Gasteiger partial charge in [0, 0.05) is 0 Å². The van der Waals surface area contributed by atoms with E-state index in [4.69, 9.17) is 9.40 Å². The molecule has 0 fully saturated rings. The van der Waals surface area contributed by atoms with Gasteiger partial charge in [0.05, 0.1) is 0 Å².